The number of carboxylic acid groups (broad SMARTS) is 1. The van der Waals surface area contributed by atoms with E-state index in [1.807, 2.05) is 0 Å². The fraction of sp³-hybridized carbons (Fsp3) is 0.735. The van der Waals surface area contributed by atoms with Gasteiger partial charge in [-0.05, 0) is 159 Å². The zero-order chi connectivity index (χ0) is 41.3. The lowest BCUT2D eigenvalue weighted by atomic mass is 9.33. The predicted octanol–water partition coefficient (Wildman–Crippen LogP) is 9.33. The minimum atomic E-state index is -1.09. The van der Waals surface area contributed by atoms with Gasteiger partial charge in [0, 0.05) is 49.4 Å². The Morgan fingerprint density at radius 2 is 1.76 bits per heavy atom. The number of hydrogen-bond donors (Lipinski definition) is 3. The normalized spacial score (nSPS) is 40.8. The third kappa shape index (κ3) is 6.65. The molecule has 1 aliphatic heterocycles. The van der Waals surface area contributed by atoms with Gasteiger partial charge in [0.1, 0.15) is 17.6 Å². The molecule has 1 saturated heterocycles. The number of rotatable bonds is 11. The number of aliphatic carboxylic acids is 1. The predicted molar refractivity (Wildman–Crippen MR) is 235 cm³/mol. The van der Waals surface area contributed by atoms with Crippen LogP contribution in [0.3, 0.4) is 0 Å². The van der Waals surface area contributed by atoms with Gasteiger partial charge in [0.05, 0.1) is 0 Å². The number of carboxylic acids is 1. The number of hydrogen-bond acceptors (Lipinski definition) is 7. The van der Waals surface area contributed by atoms with E-state index in [9.17, 15) is 14.7 Å². The van der Waals surface area contributed by atoms with Crippen LogP contribution < -0.4 is 15.8 Å². The number of carbonyl (C=O) groups excluding carboxylic acids is 1. The average molecular weight is 813 g/mol. The number of aromatic nitrogens is 1. The van der Waals surface area contributed by atoms with Gasteiger partial charge in [-0.15, -0.1) is 0 Å². The Kier molecular flexibility index (Phi) is 11.2. The molecule has 9 heteroatoms. The third-order valence-corrected chi connectivity index (χ3v) is 19.5. The van der Waals surface area contributed by atoms with E-state index in [1.165, 1.54) is 105 Å². The van der Waals surface area contributed by atoms with Crippen LogP contribution in [0.25, 0.3) is 0 Å². The van der Waals surface area contributed by atoms with Gasteiger partial charge in [-0.1, -0.05) is 58.9 Å². The summed E-state index contributed by atoms with van der Waals surface area (Å²) in [5, 5.41) is 14.9. The summed E-state index contributed by atoms with van der Waals surface area (Å²) >= 11 is 2.10. The average Bonchev–Trinajstić information content (AvgIpc) is 3.58. The van der Waals surface area contributed by atoms with Gasteiger partial charge >= 0.3 is 5.97 Å². The molecule has 7 aliphatic rings. The monoisotopic (exact) mass is 813 g/mol. The van der Waals surface area contributed by atoms with Gasteiger partial charge in [0.15, 0.2) is 0 Å². The zero-order valence-corrected chi connectivity index (χ0v) is 37.3. The molecule has 6 aliphatic carbocycles. The number of amides is 1. The molecule has 0 radical (unpaired) electrons. The second kappa shape index (κ2) is 15.4. The van der Waals surface area contributed by atoms with E-state index in [4.69, 9.17) is 10.5 Å². The second-order valence-corrected chi connectivity index (χ2v) is 22.5. The van der Waals surface area contributed by atoms with Crippen molar-refractivity contribution in [3.63, 3.8) is 0 Å². The molecular weight excluding hydrogens is 741 g/mol. The van der Waals surface area contributed by atoms with E-state index in [0.29, 0.717) is 48.3 Å². The molecule has 4 saturated carbocycles. The molecule has 1 aromatic heterocycles. The summed E-state index contributed by atoms with van der Waals surface area (Å²) in [6.45, 7) is 24.8. The number of nitrogens with one attached hydrogen (secondary N) is 1. The summed E-state index contributed by atoms with van der Waals surface area (Å²) in [5.74, 6) is 4.39. The van der Waals surface area contributed by atoms with Crippen LogP contribution in [0, 0.1) is 56.7 Å². The first kappa shape index (κ1) is 42.1. The SMILES string of the molecule is C=C(C)[C@@H]1CC[C@]2(NCCN3CCSCC3)CC[C@]3(C)[C@H](CC[C@@H]4[C@@]5(C)CC=C(C6=CC[C@](COc7ncccc7C(N)=O)(C(=O)O)CC6)C(C)(C)[C@@H]5CC[C@]43C)[C@@H]12. The molecule has 0 bridgehead atoms. The lowest BCUT2D eigenvalue weighted by Gasteiger charge is -2.72. The Morgan fingerprint density at radius 1 is 0.983 bits per heavy atom. The van der Waals surface area contributed by atoms with Crippen LogP contribution in [-0.4, -0.2) is 76.7 Å². The number of primary amides is 1. The first-order valence-corrected chi connectivity index (χ1v) is 23.9. The van der Waals surface area contributed by atoms with Gasteiger partial charge in [0.25, 0.3) is 5.91 Å². The van der Waals surface area contributed by atoms with Crippen LogP contribution >= 0.6 is 11.8 Å². The van der Waals surface area contributed by atoms with Crippen molar-refractivity contribution in [1.29, 1.82) is 0 Å². The fourth-order valence-electron chi connectivity index (χ4n) is 15.3. The molecule has 10 atom stereocenters. The van der Waals surface area contributed by atoms with Crippen LogP contribution in [0.5, 0.6) is 5.88 Å². The number of allylic oxidation sites excluding steroid dienone is 5. The van der Waals surface area contributed by atoms with Gasteiger partial charge in [-0.3, -0.25) is 9.59 Å². The van der Waals surface area contributed by atoms with Crippen molar-refractivity contribution in [3.8, 4) is 5.88 Å². The number of nitrogens with two attached hydrogens (primary N) is 1. The van der Waals surface area contributed by atoms with E-state index in [-0.39, 0.29) is 39.8 Å². The van der Waals surface area contributed by atoms with E-state index in [2.05, 4.69) is 87.2 Å². The standard InChI is InChI=1S/C49H72N4O4S/c1-32(2)34-14-21-49(52-25-26-53-27-29-58-30-28-53)23-22-46(6)37(40(34)49)10-11-39-45(5)17-15-36(44(3,4)38(45)16-18-47(39,46)7)33-12-19-48(20-13-33,43(55)56)31-57-42-35(41(50)54)9-8-24-51-42/h8-9,12,15,24,34,37-40,52H,1,10-11,13-14,16-23,25-31H2,2-7H3,(H2,50,54)(H,55,56)/t34-,37+,38-,39+,40+,45-,46+,47+,48-,49-/m0/s1. The van der Waals surface area contributed by atoms with Gasteiger partial charge in [-0.2, -0.15) is 11.8 Å². The van der Waals surface area contributed by atoms with Gasteiger partial charge in [-0.25, -0.2) is 4.98 Å². The number of carbonyl (C=O) groups is 2. The maximum atomic E-state index is 12.8. The van der Waals surface area contributed by atoms with E-state index in [0.717, 1.165) is 18.9 Å². The summed E-state index contributed by atoms with van der Waals surface area (Å²) < 4.78 is 5.95. The molecule has 0 aromatic carbocycles. The molecule has 1 amide bonds. The van der Waals surface area contributed by atoms with Crippen molar-refractivity contribution < 1.29 is 19.4 Å². The highest BCUT2D eigenvalue weighted by Crippen LogP contribution is 2.76. The maximum absolute atomic E-state index is 12.8. The number of pyridine rings is 1. The molecule has 0 spiro atoms. The van der Waals surface area contributed by atoms with Gasteiger partial charge < -0.3 is 25.8 Å². The Hall–Kier alpha value is -2.62. The zero-order valence-electron chi connectivity index (χ0n) is 36.5. The third-order valence-electron chi connectivity index (χ3n) is 18.6. The molecule has 58 heavy (non-hydrogen) atoms. The summed E-state index contributed by atoms with van der Waals surface area (Å²) in [4.78, 5) is 31.7. The summed E-state index contributed by atoms with van der Waals surface area (Å²) in [7, 11) is 0. The van der Waals surface area contributed by atoms with Crippen molar-refractivity contribution in [2.45, 2.75) is 124 Å². The van der Waals surface area contributed by atoms with E-state index < -0.39 is 17.3 Å². The van der Waals surface area contributed by atoms with Crippen LogP contribution in [0.15, 0.2) is 53.8 Å². The summed E-state index contributed by atoms with van der Waals surface area (Å²) in [6.07, 6.45) is 19.4. The van der Waals surface area contributed by atoms with E-state index in [1.54, 1.807) is 12.1 Å². The van der Waals surface area contributed by atoms with E-state index >= 15 is 0 Å². The maximum Gasteiger partial charge on any atom is 0.313 e. The Morgan fingerprint density at radius 3 is 2.45 bits per heavy atom. The highest BCUT2D eigenvalue weighted by molar-refractivity contribution is 7.99. The number of thioether (sulfide) groups is 1. The second-order valence-electron chi connectivity index (χ2n) is 21.3. The largest absolute Gasteiger partial charge is 0.481 e. The summed E-state index contributed by atoms with van der Waals surface area (Å²) in [5.41, 5.74) is 9.82. The molecule has 8 nitrogen and oxygen atoms in total. The van der Waals surface area contributed by atoms with Crippen LogP contribution in [-0.2, 0) is 4.79 Å². The molecule has 2 heterocycles. The Balaban J connectivity index is 1.01. The molecule has 4 N–H and O–H groups in total. The minimum Gasteiger partial charge on any atom is -0.481 e. The van der Waals surface area contributed by atoms with Crippen molar-refractivity contribution in [2.75, 3.05) is 44.3 Å². The quantitative estimate of drug-likeness (QED) is 0.189. The fourth-order valence-corrected chi connectivity index (χ4v) is 16.3. The van der Waals surface area contributed by atoms with Crippen molar-refractivity contribution in [2.24, 2.45) is 62.4 Å². The lowest BCUT2D eigenvalue weighted by Crippen LogP contribution is -2.68. The molecule has 318 valence electrons. The lowest BCUT2D eigenvalue weighted by molar-refractivity contribution is -0.221. The topological polar surface area (TPSA) is 118 Å². The first-order valence-electron chi connectivity index (χ1n) is 22.7. The first-order chi connectivity index (χ1) is 27.5. The molecule has 1 aromatic rings. The number of ether oxygens (including phenoxy) is 1. The highest BCUT2D eigenvalue weighted by atomic mass is 32.2. The number of nitrogens with zero attached hydrogens (tertiary/aromatic N) is 2. The number of fused-ring (bicyclic) bond motifs is 7. The highest BCUT2D eigenvalue weighted by Gasteiger charge is 2.70. The van der Waals surface area contributed by atoms with Crippen molar-refractivity contribution in [1.82, 2.24) is 15.2 Å². The van der Waals surface area contributed by atoms with Crippen molar-refractivity contribution in [3.05, 3.63) is 59.3 Å². The van der Waals surface area contributed by atoms with Crippen molar-refractivity contribution >= 4 is 23.6 Å². The van der Waals surface area contributed by atoms with Gasteiger partial charge in [0.2, 0.25) is 5.88 Å². The Bertz CT molecular complexity index is 1850. The van der Waals surface area contributed by atoms with Crippen LogP contribution in [0.4, 0.5) is 0 Å². The van der Waals surface area contributed by atoms with Crippen LogP contribution in [0.1, 0.15) is 129 Å². The minimum absolute atomic E-state index is 0.0167. The molecule has 5 fully saturated rings. The molecular formula is C49H72N4O4S. The molecule has 0 unspecified atom stereocenters. The van der Waals surface area contributed by atoms with Crippen LogP contribution in [0.2, 0.25) is 0 Å². The summed E-state index contributed by atoms with van der Waals surface area (Å²) in [6, 6.07) is 3.19. The smallest absolute Gasteiger partial charge is 0.313 e. The Labute approximate surface area is 353 Å². The molecule has 8 rings (SSSR count).